The molecule has 1 N–H and O–H groups in total. The van der Waals surface area contributed by atoms with E-state index in [9.17, 15) is 4.39 Å². The van der Waals surface area contributed by atoms with Gasteiger partial charge in [-0.25, -0.2) is 4.39 Å². The quantitative estimate of drug-likeness (QED) is 0.925. The van der Waals surface area contributed by atoms with Crippen LogP contribution < -0.4 is 14.8 Å². The minimum Gasteiger partial charge on any atom is -0.494 e. The lowest BCUT2D eigenvalue weighted by Gasteiger charge is -2.33. The number of benzene rings is 2. The minimum absolute atomic E-state index is 0.106. The summed E-state index contributed by atoms with van der Waals surface area (Å²) in [7, 11) is 1.54. The molecular formula is C17H18FNO2. The molecule has 110 valence electrons. The molecule has 2 aromatic rings. The third-order valence-electron chi connectivity index (χ3n) is 3.80. The minimum atomic E-state index is -0.308. The molecule has 0 spiro atoms. The molecule has 2 atom stereocenters. The van der Waals surface area contributed by atoms with Crippen LogP contribution in [0.5, 0.6) is 11.5 Å². The first kappa shape index (κ1) is 13.7. The van der Waals surface area contributed by atoms with E-state index in [1.165, 1.54) is 12.1 Å². The van der Waals surface area contributed by atoms with Crippen molar-refractivity contribution in [1.29, 1.82) is 0 Å². The number of ether oxygens (including phenoxy) is 2. The highest BCUT2D eigenvalue weighted by Crippen LogP contribution is 2.39. The van der Waals surface area contributed by atoms with Gasteiger partial charge in [-0.1, -0.05) is 25.1 Å². The van der Waals surface area contributed by atoms with Crippen molar-refractivity contribution in [2.24, 2.45) is 5.92 Å². The van der Waals surface area contributed by atoms with Crippen LogP contribution in [0.4, 0.5) is 10.1 Å². The number of nitrogens with one attached hydrogen (secondary N) is 1. The first-order valence-electron chi connectivity index (χ1n) is 7.01. The molecule has 3 rings (SSSR count). The van der Waals surface area contributed by atoms with E-state index in [0.717, 1.165) is 17.0 Å². The zero-order valence-electron chi connectivity index (χ0n) is 12.1. The zero-order valence-corrected chi connectivity index (χ0v) is 12.1. The van der Waals surface area contributed by atoms with Crippen molar-refractivity contribution < 1.29 is 13.9 Å². The van der Waals surface area contributed by atoms with Gasteiger partial charge in [-0.2, -0.15) is 0 Å². The fourth-order valence-corrected chi connectivity index (χ4v) is 2.66. The molecule has 2 aromatic carbocycles. The molecular weight excluding hydrogens is 269 g/mol. The number of hydrogen-bond donors (Lipinski definition) is 1. The van der Waals surface area contributed by atoms with E-state index in [4.69, 9.17) is 9.47 Å². The van der Waals surface area contributed by atoms with Gasteiger partial charge < -0.3 is 14.8 Å². The second-order valence-corrected chi connectivity index (χ2v) is 5.29. The lowest BCUT2D eigenvalue weighted by Crippen LogP contribution is -2.28. The van der Waals surface area contributed by atoms with Gasteiger partial charge in [0.15, 0.2) is 0 Å². The lowest BCUT2D eigenvalue weighted by molar-refractivity contribution is 0.214. The third-order valence-corrected chi connectivity index (χ3v) is 3.80. The van der Waals surface area contributed by atoms with E-state index < -0.39 is 0 Å². The van der Waals surface area contributed by atoms with Gasteiger partial charge in [-0.05, 0) is 18.2 Å². The van der Waals surface area contributed by atoms with Crippen molar-refractivity contribution in [2.45, 2.75) is 13.0 Å². The predicted octanol–water partition coefficient (Wildman–Crippen LogP) is 4.02. The van der Waals surface area contributed by atoms with E-state index in [-0.39, 0.29) is 11.9 Å². The number of para-hydroxylation sites is 1. The molecule has 0 aromatic heterocycles. The van der Waals surface area contributed by atoms with Crippen molar-refractivity contribution in [3.05, 3.63) is 53.8 Å². The zero-order chi connectivity index (χ0) is 14.8. The van der Waals surface area contributed by atoms with Crippen LogP contribution >= 0.6 is 0 Å². The standard InChI is InChI=1S/C17H18FNO2/c1-11-10-21-15-6-4-3-5-13(15)17(11)19-14-8-7-12(18)9-16(14)20-2/h3-9,11,17,19H,10H2,1-2H3. The molecule has 2 unspecified atom stereocenters. The fraction of sp³-hybridized carbons (Fsp3) is 0.294. The molecule has 0 amide bonds. The fourth-order valence-electron chi connectivity index (χ4n) is 2.66. The SMILES string of the molecule is COc1cc(F)ccc1NC1c2ccccc2OCC1C. The van der Waals surface area contributed by atoms with Gasteiger partial charge in [-0.15, -0.1) is 0 Å². The molecule has 1 aliphatic rings. The summed E-state index contributed by atoms with van der Waals surface area (Å²) in [5.74, 6) is 1.40. The molecule has 1 heterocycles. The van der Waals surface area contributed by atoms with Crippen LogP contribution in [-0.4, -0.2) is 13.7 Å². The van der Waals surface area contributed by atoms with E-state index in [1.807, 2.05) is 18.2 Å². The summed E-state index contributed by atoms with van der Waals surface area (Å²) in [6.45, 7) is 2.78. The van der Waals surface area contributed by atoms with Crippen LogP contribution in [0.15, 0.2) is 42.5 Å². The van der Waals surface area contributed by atoms with Gasteiger partial charge in [0.05, 0.1) is 25.4 Å². The van der Waals surface area contributed by atoms with Gasteiger partial charge in [0, 0.05) is 17.5 Å². The van der Waals surface area contributed by atoms with Crippen LogP contribution in [0.1, 0.15) is 18.5 Å². The number of methoxy groups -OCH3 is 1. The van der Waals surface area contributed by atoms with Gasteiger partial charge >= 0.3 is 0 Å². The molecule has 0 fully saturated rings. The van der Waals surface area contributed by atoms with Gasteiger partial charge in [0.25, 0.3) is 0 Å². The number of halogens is 1. The Labute approximate surface area is 123 Å². The van der Waals surface area contributed by atoms with E-state index in [2.05, 4.69) is 18.3 Å². The second-order valence-electron chi connectivity index (χ2n) is 5.29. The maximum Gasteiger partial charge on any atom is 0.144 e. The Morgan fingerprint density at radius 1 is 1.24 bits per heavy atom. The normalized spacial score (nSPS) is 20.3. The Hall–Kier alpha value is -2.23. The molecule has 1 aliphatic heterocycles. The largest absolute Gasteiger partial charge is 0.494 e. The molecule has 0 aliphatic carbocycles. The number of rotatable bonds is 3. The summed E-state index contributed by atoms with van der Waals surface area (Å²) < 4.78 is 24.3. The summed E-state index contributed by atoms with van der Waals surface area (Å²) in [6.07, 6.45) is 0. The molecule has 0 radical (unpaired) electrons. The number of fused-ring (bicyclic) bond motifs is 1. The molecule has 21 heavy (non-hydrogen) atoms. The summed E-state index contributed by atoms with van der Waals surface area (Å²) in [4.78, 5) is 0. The molecule has 0 saturated carbocycles. The third kappa shape index (κ3) is 2.66. The average Bonchev–Trinajstić information content (AvgIpc) is 2.51. The van der Waals surface area contributed by atoms with Crippen LogP contribution in [-0.2, 0) is 0 Å². The van der Waals surface area contributed by atoms with E-state index in [0.29, 0.717) is 18.3 Å². The molecule has 0 saturated heterocycles. The molecule has 4 heteroatoms. The maximum atomic E-state index is 13.3. The Balaban J connectivity index is 1.94. The van der Waals surface area contributed by atoms with E-state index in [1.54, 1.807) is 13.2 Å². The Bertz CT molecular complexity index is 644. The highest BCUT2D eigenvalue weighted by molar-refractivity contribution is 5.58. The highest BCUT2D eigenvalue weighted by Gasteiger charge is 2.28. The van der Waals surface area contributed by atoms with Crippen LogP contribution in [0.25, 0.3) is 0 Å². The van der Waals surface area contributed by atoms with Crippen molar-refractivity contribution >= 4 is 5.69 Å². The summed E-state index contributed by atoms with van der Waals surface area (Å²) in [6, 6.07) is 12.6. The number of hydrogen-bond acceptors (Lipinski definition) is 3. The van der Waals surface area contributed by atoms with Gasteiger partial charge in [0.2, 0.25) is 0 Å². The van der Waals surface area contributed by atoms with Crippen molar-refractivity contribution in [1.82, 2.24) is 0 Å². The summed E-state index contributed by atoms with van der Waals surface area (Å²) in [5.41, 5.74) is 1.90. The lowest BCUT2D eigenvalue weighted by atomic mass is 9.92. The first-order chi connectivity index (χ1) is 10.2. The number of anilines is 1. The maximum absolute atomic E-state index is 13.3. The van der Waals surface area contributed by atoms with Gasteiger partial charge in [0.1, 0.15) is 17.3 Å². The van der Waals surface area contributed by atoms with Crippen LogP contribution in [0.2, 0.25) is 0 Å². The highest BCUT2D eigenvalue weighted by atomic mass is 19.1. The molecule has 0 bridgehead atoms. The van der Waals surface area contributed by atoms with Crippen molar-refractivity contribution in [3.63, 3.8) is 0 Å². The Kier molecular flexibility index (Phi) is 3.69. The van der Waals surface area contributed by atoms with Crippen LogP contribution in [0.3, 0.4) is 0 Å². The van der Waals surface area contributed by atoms with Gasteiger partial charge in [-0.3, -0.25) is 0 Å². The van der Waals surface area contributed by atoms with Crippen molar-refractivity contribution in [2.75, 3.05) is 19.0 Å². The summed E-state index contributed by atoms with van der Waals surface area (Å²) in [5, 5.41) is 3.46. The van der Waals surface area contributed by atoms with Crippen molar-refractivity contribution in [3.8, 4) is 11.5 Å². The first-order valence-corrected chi connectivity index (χ1v) is 7.01. The molecule has 3 nitrogen and oxygen atoms in total. The second kappa shape index (κ2) is 5.64. The van der Waals surface area contributed by atoms with Crippen LogP contribution in [0, 0.1) is 11.7 Å². The predicted molar refractivity (Wildman–Crippen MR) is 80.4 cm³/mol. The smallest absolute Gasteiger partial charge is 0.144 e. The van der Waals surface area contributed by atoms with E-state index >= 15 is 0 Å². The Morgan fingerprint density at radius 3 is 2.86 bits per heavy atom. The monoisotopic (exact) mass is 287 g/mol. The topological polar surface area (TPSA) is 30.5 Å². The Morgan fingerprint density at radius 2 is 2.05 bits per heavy atom. The average molecular weight is 287 g/mol. The summed E-state index contributed by atoms with van der Waals surface area (Å²) >= 11 is 0.